The Morgan fingerprint density at radius 2 is 2.00 bits per heavy atom. The number of aromatic hydroxyl groups is 1. The minimum absolute atomic E-state index is 0.272. The molecule has 0 atom stereocenters. The first-order chi connectivity index (χ1) is 9.03. The van der Waals surface area contributed by atoms with Crippen molar-refractivity contribution in [2.24, 2.45) is 0 Å². The van der Waals surface area contributed by atoms with Gasteiger partial charge in [0.1, 0.15) is 5.75 Å². The lowest BCUT2D eigenvalue weighted by molar-refractivity contribution is 0.153. The van der Waals surface area contributed by atoms with Crippen LogP contribution in [0.25, 0.3) is 0 Å². The van der Waals surface area contributed by atoms with Crippen LogP contribution in [0, 0.1) is 0 Å². The second kappa shape index (κ2) is 6.12. The lowest BCUT2D eigenvalue weighted by Gasteiger charge is -2.36. The zero-order chi connectivity index (χ0) is 13.9. The number of hydrogen-bond donors (Lipinski definition) is 2. The summed E-state index contributed by atoms with van der Waals surface area (Å²) in [7, 11) is 4.31. The molecule has 1 aromatic rings. The summed E-state index contributed by atoms with van der Waals surface area (Å²) in [6.45, 7) is 1.61. The molecule has 2 N–H and O–H groups in total. The van der Waals surface area contributed by atoms with Crippen molar-refractivity contribution < 1.29 is 5.11 Å². The highest BCUT2D eigenvalue weighted by atomic mass is 35.5. The van der Waals surface area contributed by atoms with Gasteiger partial charge in [0.15, 0.2) is 0 Å². The fraction of sp³-hybridized carbons (Fsp3) is 0.600. The topological polar surface area (TPSA) is 35.5 Å². The van der Waals surface area contributed by atoms with Crippen LogP contribution >= 0.6 is 11.6 Å². The quantitative estimate of drug-likeness (QED) is 0.871. The molecule has 3 nitrogen and oxygen atoms in total. The van der Waals surface area contributed by atoms with Gasteiger partial charge in [-0.05, 0) is 45.1 Å². The zero-order valence-electron chi connectivity index (χ0n) is 11.7. The third-order valence-corrected chi connectivity index (χ3v) is 4.53. The van der Waals surface area contributed by atoms with E-state index < -0.39 is 0 Å². The molecule has 0 saturated heterocycles. The normalized spacial score (nSPS) is 18.1. The van der Waals surface area contributed by atoms with E-state index in [1.165, 1.54) is 25.7 Å². The van der Waals surface area contributed by atoms with E-state index >= 15 is 0 Å². The van der Waals surface area contributed by atoms with Gasteiger partial charge in [0.05, 0.1) is 0 Å². The molecular weight excluding hydrogens is 260 g/mol. The van der Waals surface area contributed by atoms with E-state index in [2.05, 4.69) is 24.3 Å². The number of halogens is 1. The van der Waals surface area contributed by atoms with Gasteiger partial charge in [0, 0.05) is 29.2 Å². The molecule has 0 radical (unpaired) electrons. The van der Waals surface area contributed by atoms with Gasteiger partial charge in [-0.3, -0.25) is 0 Å². The predicted molar refractivity (Wildman–Crippen MR) is 79.7 cm³/mol. The Balaban J connectivity index is 1.94. The van der Waals surface area contributed by atoms with Crippen LogP contribution in [0.15, 0.2) is 18.2 Å². The van der Waals surface area contributed by atoms with Crippen LogP contribution in [-0.2, 0) is 6.54 Å². The second-order valence-electron chi connectivity index (χ2n) is 5.70. The van der Waals surface area contributed by atoms with E-state index in [1.54, 1.807) is 12.1 Å². The Bertz CT molecular complexity index is 428. The van der Waals surface area contributed by atoms with Gasteiger partial charge in [-0.1, -0.05) is 24.4 Å². The minimum atomic E-state index is 0.272. The van der Waals surface area contributed by atoms with Crippen molar-refractivity contribution in [3.05, 3.63) is 28.8 Å². The summed E-state index contributed by atoms with van der Waals surface area (Å²) in [5.74, 6) is 0.308. The average molecular weight is 283 g/mol. The molecule has 1 aromatic carbocycles. The van der Waals surface area contributed by atoms with Crippen LogP contribution < -0.4 is 5.32 Å². The minimum Gasteiger partial charge on any atom is -0.508 e. The van der Waals surface area contributed by atoms with Gasteiger partial charge in [0.2, 0.25) is 0 Å². The second-order valence-corrected chi connectivity index (χ2v) is 6.14. The summed E-state index contributed by atoms with van der Waals surface area (Å²) in [5.41, 5.74) is 1.13. The van der Waals surface area contributed by atoms with Crippen LogP contribution in [0.3, 0.4) is 0 Å². The predicted octanol–water partition coefficient (Wildman–Crippen LogP) is 3.01. The Hall–Kier alpha value is -0.770. The Morgan fingerprint density at radius 3 is 2.63 bits per heavy atom. The number of nitrogens with one attached hydrogen (secondary N) is 1. The molecule has 0 unspecified atom stereocenters. The first-order valence-electron chi connectivity index (χ1n) is 6.89. The summed E-state index contributed by atoms with van der Waals surface area (Å²) in [6, 6.07) is 5.18. The highest BCUT2D eigenvalue weighted by Crippen LogP contribution is 2.33. The Morgan fingerprint density at radius 1 is 1.32 bits per heavy atom. The van der Waals surface area contributed by atoms with Gasteiger partial charge in [-0.25, -0.2) is 0 Å². The molecule has 0 amide bonds. The van der Waals surface area contributed by atoms with Crippen molar-refractivity contribution in [2.45, 2.75) is 37.8 Å². The van der Waals surface area contributed by atoms with E-state index in [0.717, 1.165) is 12.1 Å². The summed E-state index contributed by atoms with van der Waals surface area (Å²) in [4.78, 5) is 2.34. The molecule has 0 aromatic heterocycles. The van der Waals surface area contributed by atoms with E-state index in [0.29, 0.717) is 17.3 Å². The van der Waals surface area contributed by atoms with E-state index in [1.807, 2.05) is 6.07 Å². The molecule has 106 valence electrons. The third kappa shape index (κ3) is 3.41. The van der Waals surface area contributed by atoms with Crippen LogP contribution in [0.4, 0.5) is 0 Å². The van der Waals surface area contributed by atoms with Crippen molar-refractivity contribution >= 4 is 11.6 Å². The summed E-state index contributed by atoms with van der Waals surface area (Å²) < 4.78 is 0. The number of hydrogen-bond acceptors (Lipinski definition) is 3. The number of rotatable bonds is 5. The molecule has 4 heteroatoms. The van der Waals surface area contributed by atoms with Gasteiger partial charge in [-0.2, -0.15) is 0 Å². The lowest BCUT2D eigenvalue weighted by atomic mass is 9.96. The molecule has 0 heterocycles. The molecule has 1 fully saturated rings. The number of nitrogens with zero attached hydrogens (tertiary/aromatic N) is 1. The van der Waals surface area contributed by atoms with Crippen LogP contribution in [0.1, 0.15) is 31.2 Å². The van der Waals surface area contributed by atoms with Crippen molar-refractivity contribution in [2.75, 3.05) is 20.6 Å². The van der Waals surface area contributed by atoms with Crippen molar-refractivity contribution in [1.82, 2.24) is 10.2 Å². The maximum absolute atomic E-state index is 9.79. The molecule has 0 aliphatic heterocycles. The van der Waals surface area contributed by atoms with Crippen LogP contribution in [-0.4, -0.2) is 36.2 Å². The largest absolute Gasteiger partial charge is 0.508 e. The summed E-state index contributed by atoms with van der Waals surface area (Å²) in [6.07, 6.45) is 5.10. The first-order valence-corrected chi connectivity index (χ1v) is 7.27. The van der Waals surface area contributed by atoms with Crippen molar-refractivity contribution in [3.8, 4) is 5.75 Å². The van der Waals surface area contributed by atoms with Crippen LogP contribution in [0.2, 0.25) is 5.02 Å². The molecule has 0 bridgehead atoms. The average Bonchev–Trinajstić information content (AvgIpc) is 2.84. The Kier molecular flexibility index (Phi) is 4.71. The number of phenols is 1. The standard InChI is InChI=1S/C15H23ClN2O/c1-18(2)15(7-3-4-8-15)11-17-10-12-9-13(16)5-6-14(12)19/h5-6,9,17,19H,3-4,7-8,10-11H2,1-2H3. The summed E-state index contributed by atoms with van der Waals surface area (Å²) >= 11 is 5.95. The number of benzene rings is 1. The van der Waals surface area contributed by atoms with Crippen molar-refractivity contribution in [3.63, 3.8) is 0 Å². The SMILES string of the molecule is CN(C)C1(CNCc2cc(Cl)ccc2O)CCCC1. The molecule has 1 aliphatic rings. The zero-order valence-corrected chi connectivity index (χ0v) is 12.5. The maximum atomic E-state index is 9.79. The monoisotopic (exact) mass is 282 g/mol. The number of likely N-dealkylation sites (N-methyl/N-ethyl adjacent to an activating group) is 1. The van der Waals surface area contributed by atoms with Gasteiger partial charge in [-0.15, -0.1) is 0 Å². The van der Waals surface area contributed by atoms with Crippen LogP contribution in [0.5, 0.6) is 5.75 Å². The lowest BCUT2D eigenvalue weighted by Crippen LogP contribution is -2.49. The molecule has 2 rings (SSSR count). The van der Waals surface area contributed by atoms with Gasteiger partial charge >= 0.3 is 0 Å². The molecule has 19 heavy (non-hydrogen) atoms. The molecule has 1 aliphatic carbocycles. The van der Waals surface area contributed by atoms with Gasteiger partial charge < -0.3 is 15.3 Å². The fourth-order valence-electron chi connectivity index (χ4n) is 2.94. The molecular formula is C15H23ClN2O. The maximum Gasteiger partial charge on any atom is 0.120 e. The van der Waals surface area contributed by atoms with Gasteiger partial charge in [0.25, 0.3) is 0 Å². The third-order valence-electron chi connectivity index (χ3n) is 4.29. The molecule has 1 saturated carbocycles. The molecule has 0 spiro atoms. The highest BCUT2D eigenvalue weighted by molar-refractivity contribution is 6.30. The Labute approximate surface area is 120 Å². The first kappa shape index (κ1) is 14.6. The van der Waals surface area contributed by atoms with E-state index in [-0.39, 0.29) is 5.54 Å². The highest BCUT2D eigenvalue weighted by Gasteiger charge is 2.35. The summed E-state index contributed by atoms with van der Waals surface area (Å²) in [5, 5.41) is 13.9. The fourth-order valence-corrected chi connectivity index (χ4v) is 3.14. The number of phenolic OH excluding ortho intramolecular Hbond substituents is 1. The van der Waals surface area contributed by atoms with Crippen molar-refractivity contribution in [1.29, 1.82) is 0 Å². The van der Waals surface area contributed by atoms with E-state index in [4.69, 9.17) is 11.6 Å². The van der Waals surface area contributed by atoms with E-state index in [9.17, 15) is 5.11 Å². The smallest absolute Gasteiger partial charge is 0.120 e.